The number of hydrogen-bond donors (Lipinski definition) is 2. The van der Waals surface area contributed by atoms with Gasteiger partial charge in [-0.25, -0.2) is 0 Å². The third-order valence-electron chi connectivity index (χ3n) is 3.91. The first-order valence-electron chi connectivity index (χ1n) is 10.1. The van der Waals surface area contributed by atoms with Crippen LogP contribution in [0.3, 0.4) is 0 Å². The number of hydrogen-bond acceptors (Lipinski definition) is 2. The molecule has 0 aliphatic rings. The molecule has 0 radical (unpaired) electrons. The molecule has 0 aromatic rings. The van der Waals surface area contributed by atoms with Gasteiger partial charge in [0.05, 0.1) is 0 Å². The summed E-state index contributed by atoms with van der Waals surface area (Å²) in [7, 11) is 0. The van der Waals surface area contributed by atoms with Crippen molar-refractivity contribution in [2.75, 3.05) is 13.1 Å². The van der Waals surface area contributed by atoms with Crippen LogP contribution in [-0.2, 0) is 4.79 Å². The molecule has 0 fully saturated rings. The van der Waals surface area contributed by atoms with E-state index in [1.165, 1.54) is 83.7 Å². The molecule has 140 valence electrons. The maximum Gasteiger partial charge on any atom is 0.303 e. The Morgan fingerprint density at radius 1 is 0.652 bits per heavy atom. The van der Waals surface area contributed by atoms with Gasteiger partial charge in [0, 0.05) is 6.42 Å². The van der Waals surface area contributed by atoms with E-state index in [0.717, 1.165) is 12.8 Å². The molecule has 0 saturated carbocycles. The maximum atomic E-state index is 10.2. The topological polar surface area (TPSA) is 49.3 Å². The minimum atomic E-state index is -0.659. The van der Waals surface area contributed by atoms with Crippen molar-refractivity contribution in [1.29, 1.82) is 0 Å². The quantitative estimate of drug-likeness (QED) is 0.333. The summed E-state index contributed by atoms with van der Waals surface area (Å²) in [5.74, 6) is -0.659. The first kappa shape index (κ1) is 24.7. The monoisotopic (exact) mass is 329 g/mol. The summed E-state index contributed by atoms with van der Waals surface area (Å²) >= 11 is 0. The summed E-state index contributed by atoms with van der Waals surface area (Å²) in [6.07, 6.45) is 16.7. The van der Waals surface area contributed by atoms with Crippen LogP contribution in [0, 0.1) is 0 Å². The average Bonchev–Trinajstić information content (AvgIpc) is 2.54. The van der Waals surface area contributed by atoms with Crippen molar-refractivity contribution in [3.8, 4) is 0 Å². The molecule has 0 amide bonds. The Kier molecular flexibility index (Phi) is 25.4. The molecule has 3 heteroatoms. The predicted molar refractivity (Wildman–Crippen MR) is 102 cm³/mol. The molecule has 0 unspecified atom stereocenters. The minimum Gasteiger partial charge on any atom is -0.481 e. The lowest BCUT2D eigenvalue weighted by molar-refractivity contribution is -0.137. The molecule has 0 saturated heterocycles. The van der Waals surface area contributed by atoms with Crippen molar-refractivity contribution in [3.63, 3.8) is 0 Å². The van der Waals surface area contributed by atoms with Gasteiger partial charge in [-0.1, -0.05) is 85.0 Å². The fraction of sp³-hybridized carbons (Fsp3) is 0.950. The van der Waals surface area contributed by atoms with Gasteiger partial charge in [-0.3, -0.25) is 4.79 Å². The van der Waals surface area contributed by atoms with Gasteiger partial charge in [0.1, 0.15) is 0 Å². The van der Waals surface area contributed by atoms with Crippen LogP contribution in [0.5, 0.6) is 0 Å². The lowest BCUT2D eigenvalue weighted by Gasteiger charge is -2.00. The van der Waals surface area contributed by atoms with Crippen LogP contribution in [0.1, 0.15) is 111 Å². The predicted octanol–water partition coefficient (Wildman–Crippen LogP) is 6.17. The number of nitrogens with one attached hydrogen (secondary N) is 1. The number of aliphatic carboxylic acids is 1. The van der Waals surface area contributed by atoms with Crippen molar-refractivity contribution in [3.05, 3.63) is 0 Å². The molecule has 0 atom stereocenters. The van der Waals surface area contributed by atoms with Gasteiger partial charge < -0.3 is 10.4 Å². The fourth-order valence-corrected chi connectivity index (χ4v) is 2.32. The standard InChI is InChI=1S/C12H24O2.C8H19N/c1-2-3-4-5-6-7-8-9-10-11-12(13)14;1-3-5-7-9-8-6-4-2/h2-11H2,1H3,(H,13,14);9H,3-8H2,1-2H3. The zero-order valence-electron chi connectivity index (χ0n) is 16.2. The van der Waals surface area contributed by atoms with Gasteiger partial charge in [-0.15, -0.1) is 0 Å². The van der Waals surface area contributed by atoms with Crippen molar-refractivity contribution in [2.24, 2.45) is 0 Å². The highest BCUT2D eigenvalue weighted by molar-refractivity contribution is 5.66. The van der Waals surface area contributed by atoms with Gasteiger partial charge in [0.15, 0.2) is 0 Å². The molecule has 2 N–H and O–H groups in total. The van der Waals surface area contributed by atoms with E-state index in [0.29, 0.717) is 6.42 Å². The first-order chi connectivity index (χ1) is 11.2. The molecule has 0 aromatic heterocycles. The van der Waals surface area contributed by atoms with Gasteiger partial charge in [0.2, 0.25) is 0 Å². The molecule has 0 bridgehead atoms. The van der Waals surface area contributed by atoms with Gasteiger partial charge in [-0.2, -0.15) is 0 Å². The van der Waals surface area contributed by atoms with Crippen LogP contribution >= 0.6 is 0 Å². The lowest BCUT2D eigenvalue weighted by Crippen LogP contribution is -2.15. The molecule has 0 aliphatic heterocycles. The zero-order chi connectivity index (χ0) is 17.6. The van der Waals surface area contributed by atoms with Crippen LogP contribution < -0.4 is 5.32 Å². The zero-order valence-corrected chi connectivity index (χ0v) is 16.2. The Bertz CT molecular complexity index is 214. The fourth-order valence-electron chi connectivity index (χ4n) is 2.32. The third kappa shape index (κ3) is 30.0. The highest BCUT2D eigenvalue weighted by atomic mass is 16.4. The van der Waals surface area contributed by atoms with Gasteiger partial charge in [0.25, 0.3) is 0 Å². The van der Waals surface area contributed by atoms with Gasteiger partial charge in [-0.05, 0) is 32.4 Å². The van der Waals surface area contributed by atoms with E-state index in [4.69, 9.17) is 5.11 Å². The van der Waals surface area contributed by atoms with Crippen LogP contribution in [-0.4, -0.2) is 24.2 Å². The largest absolute Gasteiger partial charge is 0.481 e. The molecular weight excluding hydrogens is 286 g/mol. The second kappa shape index (κ2) is 23.7. The number of carbonyl (C=O) groups is 1. The number of rotatable bonds is 16. The van der Waals surface area contributed by atoms with Gasteiger partial charge >= 0.3 is 5.97 Å². The summed E-state index contributed by atoms with van der Waals surface area (Å²) in [5.41, 5.74) is 0. The van der Waals surface area contributed by atoms with Crippen LogP contribution in [0.4, 0.5) is 0 Å². The maximum absolute atomic E-state index is 10.2. The first-order valence-corrected chi connectivity index (χ1v) is 10.1. The molecular formula is C20H43NO2. The Balaban J connectivity index is 0. The molecule has 3 nitrogen and oxygen atoms in total. The lowest BCUT2D eigenvalue weighted by atomic mass is 10.1. The summed E-state index contributed by atoms with van der Waals surface area (Å²) in [6, 6.07) is 0. The van der Waals surface area contributed by atoms with Crippen LogP contribution in [0.25, 0.3) is 0 Å². The Morgan fingerprint density at radius 3 is 1.43 bits per heavy atom. The normalized spacial score (nSPS) is 10.2. The average molecular weight is 330 g/mol. The summed E-state index contributed by atoms with van der Waals surface area (Å²) in [5, 5.41) is 11.8. The van der Waals surface area contributed by atoms with E-state index in [1.807, 2.05) is 0 Å². The van der Waals surface area contributed by atoms with E-state index in [1.54, 1.807) is 0 Å². The van der Waals surface area contributed by atoms with Crippen LogP contribution in [0.15, 0.2) is 0 Å². The molecule has 0 spiro atoms. The van der Waals surface area contributed by atoms with E-state index in [-0.39, 0.29) is 0 Å². The van der Waals surface area contributed by atoms with E-state index in [9.17, 15) is 4.79 Å². The molecule has 0 rings (SSSR count). The van der Waals surface area contributed by atoms with Crippen molar-refractivity contribution in [1.82, 2.24) is 5.32 Å². The van der Waals surface area contributed by atoms with Crippen LogP contribution in [0.2, 0.25) is 0 Å². The highest BCUT2D eigenvalue weighted by Gasteiger charge is 1.96. The van der Waals surface area contributed by atoms with Crippen molar-refractivity contribution < 1.29 is 9.90 Å². The van der Waals surface area contributed by atoms with E-state index < -0.39 is 5.97 Å². The summed E-state index contributed by atoms with van der Waals surface area (Å²) in [4.78, 5) is 10.2. The smallest absolute Gasteiger partial charge is 0.303 e. The Hall–Kier alpha value is -0.570. The van der Waals surface area contributed by atoms with E-state index in [2.05, 4.69) is 26.1 Å². The second-order valence-electron chi connectivity index (χ2n) is 6.43. The number of carboxylic acids is 1. The number of unbranched alkanes of at least 4 members (excludes halogenated alkanes) is 10. The highest BCUT2D eigenvalue weighted by Crippen LogP contribution is 2.10. The Labute approximate surface area is 145 Å². The van der Waals surface area contributed by atoms with Crippen molar-refractivity contribution >= 4 is 5.97 Å². The SMILES string of the molecule is CCCCCCCCCCCC(=O)O.CCCCNCCCC. The minimum absolute atomic E-state index is 0.343. The number of carboxylic acid groups (broad SMARTS) is 1. The molecule has 0 aromatic carbocycles. The second-order valence-corrected chi connectivity index (χ2v) is 6.43. The summed E-state index contributed by atoms with van der Waals surface area (Å²) < 4.78 is 0. The molecule has 0 aliphatic carbocycles. The van der Waals surface area contributed by atoms with E-state index >= 15 is 0 Å². The summed E-state index contributed by atoms with van der Waals surface area (Å²) in [6.45, 7) is 9.09. The third-order valence-corrected chi connectivity index (χ3v) is 3.91. The molecule has 0 heterocycles. The Morgan fingerprint density at radius 2 is 1.04 bits per heavy atom. The molecule has 23 heavy (non-hydrogen) atoms. The van der Waals surface area contributed by atoms with Crippen molar-refractivity contribution in [2.45, 2.75) is 111 Å².